The molecule has 3 aromatic heterocycles. The summed E-state index contributed by atoms with van der Waals surface area (Å²) in [5.74, 6) is -13.4. The topological polar surface area (TPSA) is 246 Å². The average Bonchev–Trinajstić information content (AvgIpc) is 3.77. The van der Waals surface area contributed by atoms with Crippen molar-refractivity contribution in [1.29, 1.82) is 0 Å². The highest BCUT2D eigenvalue weighted by Gasteiger charge is 2.67. The van der Waals surface area contributed by atoms with Crippen LogP contribution in [0.15, 0.2) is 48.7 Å². The number of carboxylic acid groups (broad SMARTS) is 2. The largest absolute Gasteiger partial charge is 0.481 e. The monoisotopic (exact) mass is 1130 g/mol. The second kappa shape index (κ2) is 19.6. The van der Waals surface area contributed by atoms with Crippen LogP contribution in [0.25, 0.3) is 22.0 Å². The summed E-state index contributed by atoms with van der Waals surface area (Å²) in [6, 6.07) is 4.48. The number of pyridine rings is 1. The third kappa shape index (κ3) is 12.1. The number of esters is 1. The van der Waals surface area contributed by atoms with Gasteiger partial charge in [-0.25, -0.2) is 35.4 Å². The number of sulfonamides is 1. The minimum Gasteiger partial charge on any atom is -0.481 e. The van der Waals surface area contributed by atoms with Crippen molar-refractivity contribution in [2.75, 3.05) is 16.7 Å². The number of aromatic nitrogens is 4. The van der Waals surface area contributed by atoms with Gasteiger partial charge >= 0.3 is 30.3 Å². The highest BCUT2D eigenvalue weighted by Crippen LogP contribution is 2.69. The number of halogens is 11. The van der Waals surface area contributed by atoms with Crippen LogP contribution in [-0.4, -0.2) is 99.2 Å². The minimum atomic E-state index is -5.18. The number of carbonyl (C=O) groups is 4. The van der Waals surface area contributed by atoms with Gasteiger partial charge in [0.2, 0.25) is 22.0 Å². The Hall–Kier alpha value is -6.93. The van der Waals surface area contributed by atoms with Gasteiger partial charge in [-0.2, -0.15) is 40.2 Å². The average molecular weight is 1130 g/mol. The Morgan fingerprint density at radius 2 is 1.61 bits per heavy atom. The standard InChI is InChI=1S/C45H37ClF10N6O11S2/c1-42(2,74(3,69)70)9-8-23-4-5-24(25-6-7-29(46)36-38(25)62(19-43(49,50)51)59-40(36)60-75(71,72)18-34(66)73-31(41(67)68)15-33(64)65)37(57-23)30(12-20-10-21(47)13-22(48)11-20)58-32(63)17-61-16-28(45(54,55)56)35-26-14-27(26)44(52,53)39(35)61/h4-7,10-11,13,16,26-27,30-31H,12,14-15,17-19H2,1-3H3,(H,58,63)(H,59,60)(H,64,65)(H,67,68)/t26-,27+,30-,31-/m0/s1. The molecule has 3 heterocycles. The van der Waals surface area contributed by atoms with Crippen LogP contribution in [0.1, 0.15) is 72.4 Å². The van der Waals surface area contributed by atoms with Crippen molar-refractivity contribution in [2.24, 2.45) is 5.92 Å². The number of carboxylic acids is 2. The Kier molecular flexibility index (Phi) is 14.6. The highest BCUT2D eigenvalue weighted by molar-refractivity contribution is 7.93. The molecule has 0 unspecified atom stereocenters. The summed E-state index contributed by atoms with van der Waals surface area (Å²) < 4.78 is 204. The zero-order valence-corrected chi connectivity index (χ0v) is 40.9. The predicted octanol–water partition coefficient (Wildman–Crippen LogP) is 7.11. The van der Waals surface area contributed by atoms with Gasteiger partial charge in [0.25, 0.3) is 5.92 Å². The van der Waals surface area contributed by atoms with E-state index in [1.807, 2.05) is 0 Å². The Morgan fingerprint density at radius 1 is 0.973 bits per heavy atom. The first-order chi connectivity index (χ1) is 34.5. The van der Waals surface area contributed by atoms with E-state index in [1.165, 1.54) is 13.8 Å². The van der Waals surface area contributed by atoms with E-state index in [0.717, 1.165) is 42.7 Å². The smallest absolute Gasteiger partial charge is 0.418 e. The fourth-order valence-corrected chi connectivity index (χ4v) is 9.77. The molecule has 17 nitrogen and oxygen atoms in total. The van der Waals surface area contributed by atoms with Crippen LogP contribution in [0.2, 0.25) is 5.02 Å². The molecule has 2 aliphatic rings. The molecular weight excluding hydrogens is 1090 g/mol. The quantitative estimate of drug-likeness (QED) is 0.0413. The zero-order chi connectivity index (χ0) is 55.7. The number of nitrogens with one attached hydrogen (secondary N) is 2. The first-order valence-electron chi connectivity index (χ1n) is 21.5. The Morgan fingerprint density at radius 3 is 2.20 bits per heavy atom. The lowest BCUT2D eigenvalue weighted by atomic mass is 9.93. The molecule has 1 fully saturated rings. The van der Waals surface area contributed by atoms with E-state index in [0.29, 0.717) is 16.8 Å². The third-order valence-corrected chi connectivity index (χ3v) is 15.4. The molecule has 4 atom stereocenters. The number of ether oxygens (including phenoxy) is 1. The number of aliphatic carboxylic acids is 2. The van der Waals surface area contributed by atoms with Crippen molar-refractivity contribution >= 4 is 72.0 Å². The molecular formula is C45H37ClF10N6O11S2. The molecule has 30 heteroatoms. The van der Waals surface area contributed by atoms with Crippen molar-refractivity contribution < 1.29 is 94.9 Å². The van der Waals surface area contributed by atoms with E-state index in [9.17, 15) is 76.2 Å². The molecule has 4 N–H and O–H groups in total. The number of benzene rings is 2. The highest BCUT2D eigenvalue weighted by atomic mass is 35.5. The van der Waals surface area contributed by atoms with E-state index in [4.69, 9.17) is 16.7 Å². The summed E-state index contributed by atoms with van der Waals surface area (Å²) in [6.45, 7) is -0.835. The molecule has 7 rings (SSSR count). The number of hydrogen-bond acceptors (Lipinski definition) is 11. The lowest BCUT2D eigenvalue weighted by Gasteiger charge is -2.24. The van der Waals surface area contributed by atoms with Crippen molar-refractivity contribution in [3.8, 4) is 23.0 Å². The molecule has 5 aromatic rings. The minimum absolute atomic E-state index is 0.192. The summed E-state index contributed by atoms with van der Waals surface area (Å²) in [7, 11) is -9.11. The molecule has 75 heavy (non-hydrogen) atoms. The fourth-order valence-electron chi connectivity index (χ4n) is 8.40. The normalized spacial score (nSPS) is 17.0. The van der Waals surface area contributed by atoms with Gasteiger partial charge < -0.3 is 24.8 Å². The number of nitrogens with zero attached hydrogens (tertiary/aromatic N) is 4. The third-order valence-electron chi connectivity index (χ3n) is 12.0. The van der Waals surface area contributed by atoms with Crippen LogP contribution in [0.5, 0.6) is 0 Å². The number of hydrogen-bond donors (Lipinski definition) is 4. The summed E-state index contributed by atoms with van der Waals surface area (Å²) in [5, 5.41) is 23.2. The molecule has 2 aliphatic carbocycles. The van der Waals surface area contributed by atoms with Gasteiger partial charge in [-0.1, -0.05) is 23.6 Å². The van der Waals surface area contributed by atoms with Gasteiger partial charge in [0.05, 0.1) is 45.3 Å². The Labute approximate surface area is 422 Å². The Bertz CT molecular complexity index is 3480. The molecule has 0 spiro atoms. The maximum Gasteiger partial charge on any atom is 0.418 e. The van der Waals surface area contributed by atoms with E-state index in [-0.39, 0.29) is 27.9 Å². The maximum atomic E-state index is 15.6. The lowest BCUT2D eigenvalue weighted by Crippen LogP contribution is -2.34. The molecule has 0 radical (unpaired) electrons. The van der Waals surface area contributed by atoms with Gasteiger partial charge in [-0.15, -0.1) is 0 Å². The zero-order valence-electron chi connectivity index (χ0n) is 38.5. The van der Waals surface area contributed by atoms with Gasteiger partial charge in [0.1, 0.15) is 35.2 Å². The summed E-state index contributed by atoms with van der Waals surface area (Å²) in [6.07, 6.45) is -13.8. The van der Waals surface area contributed by atoms with Gasteiger partial charge in [-0.3, -0.25) is 23.8 Å². The van der Waals surface area contributed by atoms with Crippen LogP contribution in [0.3, 0.4) is 0 Å². The van der Waals surface area contributed by atoms with Crippen LogP contribution >= 0.6 is 11.6 Å². The van der Waals surface area contributed by atoms with Crippen LogP contribution in [-0.2, 0) is 75.4 Å². The molecule has 2 aromatic carbocycles. The number of carbonyl (C=O) groups excluding carboxylic acids is 2. The fraction of sp³-hybridized carbons (Fsp3) is 0.378. The first-order valence-corrected chi connectivity index (χ1v) is 25.5. The first kappa shape index (κ1) is 55.8. The second-order valence-electron chi connectivity index (χ2n) is 18.0. The Balaban J connectivity index is 1.41. The number of amides is 1. The number of rotatable bonds is 17. The van der Waals surface area contributed by atoms with Crippen molar-refractivity contribution in [1.82, 2.24) is 24.6 Å². The van der Waals surface area contributed by atoms with E-state index in [1.54, 1.807) is 4.72 Å². The molecule has 0 bridgehead atoms. The molecule has 0 saturated heterocycles. The predicted molar refractivity (Wildman–Crippen MR) is 242 cm³/mol. The van der Waals surface area contributed by atoms with E-state index in [2.05, 4.69) is 32.0 Å². The number of sulfone groups is 1. The van der Waals surface area contributed by atoms with Crippen LogP contribution in [0.4, 0.5) is 49.7 Å². The molecule has 1 saturated carbocycles. The molecule has 1 amide bonds. The van der Waals surface area contributed by atoms with Crippen LogP contribution < -0.4 is 10.0 Å². The van der Waals surface area contributed by atoms with Crippen molar-refractivity contribution in [2.45, 2.75) is 87.3 Å². The summed E-state index contributed by atoms with van der Waals surface area (Å²) in [5.41, 5.74) is -5.74. The number of alkyl halides is 8. The van der Waals surface area contributed by atoms with Crippen LogP contribution in [0, 0.1) is 29.4 Å². The van der Waals surface area contributed by atoms with Gasteiger partial charge in [0.15, 0.2) is 21.4 Å². The summed E-state index contributed by atoms with van der Waals surface area (Å²) >= 11 is 6.51. The SMILES string of the molecule is CC(C)(C#Cc1ccc(-c2ccc(Cl)c3c(NS(=O)(=O)CC(=O)O[C@@H](CC(=O)O)C(=O)O)nn(CC(F)(F)F)c23)c([C@H](Cc2cc(F)cc(F)c2)NC(=O)Cn2cc(C(F)(F)F)c3c2C(F)(F)[C@@H]2C[C@H]32)n1)S(C)(=O)=O. The second-order valence-corrected chi connectivity index (χ2v) is 22.7. The van der Waals surface area contributed by atoms with Crippen molar-refractivity contribution in [3.63, 3.8) is 0 Å². The van der Waals surface area contributed by atoms with Gasteiger partial charge in [0, 0.05) is 35.6 Å². The lowest BCUT2D eigenvalue weighted by molar-refractivity contribution is -0.165. The molecule has 402 valence electrons. The maximum absolute atomic E-state index is 15.6. The number of fused-ring (bicyclic) bond motifs is 4. The molecule has 0 aliphatic heterocycles. The van der Waals surface area contributed by atoms with Gasteiger partial charge in [-0.05, 0) is 80.0 Å². The number of anilines is 1. The van der Waals surface area contributed by atoms with Crippen molar-refractivity contribution in [3.05, 3.63) is 99.1 Å². The summed E-state index contributed by atoms with van der Waals surface area (Å²) in [4.78, 5) is 53.7. The van der Waals surface area contributed by atoms with E-state index >= 15 is 8.78 Å². The van der Waals surface area contributed by atoms with E-state index < -0.39 is 184 Å².